The van der Waals surface area contributed by atoms with Crippen LogP contribution in [0.15, 0.2) is 17.3 Å². The predicted octanol–water partition coefficient (Wildman–Crippen LogP) is -0.223. The van der Waals surface area contributed by atoms with Gasteiger partial charge in [0.15, 0.2) is 5.82 Å². The number of aromatic nitrogens is 5. The molecule has 3 aromatic rings. The van der Waals surface area contributed by atoms with Crippen LogP contribution in [0.5, 0.6) is 0 Å². The Kier molecular flexibility index (Phi) is 1.34. The maximum absolute atomic E-state index is 11.0. The van der Waals surface area contributed by atoms with Crippen molar-refractivity contribution in [1.29, 1.82) is 0 Å². The zero-order valence-corrected chi connectivity index (χ0v) is 7.48. The average Bonchev–Trinajstić information content (AvgIpc) is 2.66. The molecular formula is C8H6N6O. The summed E-state index contributed by atoms with van der Waals surface area (Å²) in [6.45, 7) is 0. The minimum atomic E-state index is -0.340. The first kappa shape index (κ1) is 7.92. The first-order valence-electron chi connectivity index (χ1n) is 4.23. The summed E-state index contributed by atoms with van der Waals surface area (Å²) >= 11 is 0. The van der Waals surface area contributed by atoms with Gasteiger partial charge in [-0.05, 0) is 0 Å². The van der Waals surface area contributed by atoms with Gasteiger partial charge in [0.2, 0.25) is 0 Å². The lowest BCUT2D eigenvalue weighted by Gasteiger charge is -1.99. The van der Waals surface area contributed by atoms with E-state index < -0.39 is 0 Å². The lowest BCUT2D eigenvalue weighted by molar-refractivity contribution is 1.10. The number of imidazole rings is 1. The molecule has 7 heteroatoms. The van der Waals surface area contributed by atoms with Crippen molar-refractivity contribution in [2.24, 2.45) is 0 Å². The van der Waals surface area contributed by atoms with Gasteiger partial charge in [0.05, 0.1) is 5.39 Å². The standard InChI is InChI=1S/C8H6N6O/c9-6-5-4(11-2-12-5)3-1-10-8(15)14-7(3)13-6/h1-2H,9H2,(H2,10,13,14,15). The SMILES string of the molecule is Nc1nc2[nH]c(=O)[nH]cc2c2ncnc12. The predicted molar refractivity (Wildman–Crippen MR) is 54.2 cm³/mol. The van der Waals surface area contributed by atoms with Crippen molar-refractivity contribution in [2.45, 2.75) is 0 Å². The van der Waals surface area contributed by atoms with Crippen LogP contribution in [0.25, 0.3) is 22.1 Å². The molecule has 0 amide bonds. The largest absolute Gasteiger partial charge is 0.382 e. The molecule has 7 nitrogen and oxygen atoms in total. The van der Waals surface area contributed by atoms with Crippen LogP contribution in [0, 0.1) is 0 Å². The molecule has 0 atom stereocenters. The van der Waals surface area contributed by atoms with Crippen molar-refractivity contribution in [2.75, 3.05) is 5.73 Å². The minimum absolute atomic E-state index is 0.261. The number of aromatic amines is 2. The maximum atomic E-state index is 11.0. The summed E-state index contributed by atoms with van der Waals surface area (Å²) in [7, 11) is 0. The molecule has 3 rings (SSSR count). The van der Waals surface area contributed by atoms with Crippen molar-refractivity contribution in [3.63, 3.8) is 0 Å². The van der Waals surface area contributed by atoms with Gasteiger partial charge in [0, 0.05) is 6.20 Å². The summed E-state index contributed by atoms with van der Waals surface area (Å²) < 4.78 is 0. The molecule has 4 N–H and O–H groups in total. The van der Waals surface area contributed by atoms with E-state index in [4.69, 9.17) is 5.73 Å². The highest BCUT2D eigenvalue weighted by molar-refractivity contribution is 6.04. The molecule has 0 fully saturated rings. The van der Waals surface area contributed by atoms with Crippen molar-refractivity contribution in [1.82, 2.24) is 24.9 Å². The highest BCUT2D eigenvalue weighted by Crippen LogP contribution is 2.21. The van der Waals surface area contributed by atoms with E-state index in [1.165, 1.54) is 12.5 Å². The molecule has 0 bridgehead atoms. The smallest absolute Gasteiger partial charge is 0.324 e. The van der Waals surface area contributed by atoms with Gasteiger partial charge in [0.25, 0.3) is 0 Å². The number of H-pyrrole nitrogens is 2. The second kappa shape index (κ2) is 2.53. The fraction of sp³-hybridized carbons (Fsp3) is 0. The molecule has 15 heavy (non-hydrogen) atoms. The Labute approximate surface area is 82.4 Å². The van der Waals surface area contributed by atoms with E-state index in [2.05, 4.69) is 24.9 Å². The van der Waals surface area contributed by atoms with Gasteiger partial charge in [-0.15, -0.1) is 0 Å². The number of nitrogen functional groups attached to an aromatic ring is 1. The van der Waals surface area contributed by atoms with Crippen molar-refractivity contribution < 1.29 is 0 Å². The van der Waals surface area contributed by atoms with E-state index in [0.29, 0.717) is 22.1 Å². The molecule has 0 aromatic carbocycles. The number of anilines is 1. The summed E-state index contributed by atoms with van der Waals surface area (Å²) in [5.74, 6) is 0.261. The Morgan fingerprint density at radius 2 is 2.07 bits per heavy atom. The van der Waals surface area contributed by atoms with E-state index in [0.717, 1.165) is 0 Å². The Bertz CT molecular complexity index is 712. The van der Waals surface area contributed by atoms with E-state index in [-0.39, 0.29) is 11.5 Å². The zero-order chi connectivity index (χ0) is 10.4. The summed E-state index contributed by atoms with van der Waals surface area (Å²) in [6.07, 6.45) is 2.95. The topological polar surface area (TPSA) is 113 Å². The third kappa shape index (κ3) is 0.997. The van der Waals surface area contributed by atoms with Crippen molar-refractivity contribution in [3.8, 4) is 0 Å². The Hall–Kier alpha value is -2.44. The number of hydrogen-bond acceptors (Lipinski definition) is 5. The third-order valence-corrected chi connectivity index (χ3v) is 2.16. The van der Waals surface area contributed by atoms with Crippen LogP contribution in [-0.2, 0) is 0 Å². The number of hydrogen-bond donors (Lipinski definition) is 3. The van der Waals surface area contributed by atoms with Gasteiger partial charge < -0.3 is 10.7 Å². The normalized spacial score (nSPS) is 11.2. The van der Waals surface area contributed by atoms with Crippen LogP contribution in [0.3, 0.4) is 0 Å². The number of pyridine rings is 1. The van der Waals surface area contributed by atoms with E-state index in [1.807, 2.05) is 0 Å². The molecule has 74 valence electrons. The minimum Gasteiger partial charge on any atom is -0.382 e. The van der Waals surface area contributed by atoms with Crippen LogP contribution in [0.2, 0.25) is 0 Å². The average molecular weight is 202 g/mol. The highest BCUT2D eigenvalue weighted by atomic mass is 16.1. The molecule has 0 saturated carbocycles. The molecule has 0 aliphatic rings. The molecule has 0 saturated heterocycles. The molecule has 0 spiro atoms. The van der Waals surface area contributed by atoms with Crippen molar-refractivity contribution >= 4 is 27.9 Å². The second-order valence-electron chi connectivity index (χ2n) is 3.07. The molecule has 0 unspecified atom stereocenters. The Morgan fingerprint density at radius 1 is 1.27 bits per heavy atom. The number of rotatable bonds is 0. The van der Waals surface area contributed by atoms with Crippen LogP contribution < -0.4 is 11.4 Å². The molecule has 0 aliphatic carbocycles. The molecule has 0 aliphatic heterocycles. The van der Waals surface area contributed by atoms with Crippen molar-refractivity contribution in [3.05, 3.63) is 23.0 Å². The first-order chi connectivity index (χ1) is 7.25. The quantitative estimate of drug-likeness (QED) is 0.466. The van der Waals surface area contributed by atoms with Crippen LogP contribution in [-0.4, -0.2) is 24.9 Å². The second-order valence-corrected chi connectivity index (χ2v) is 3.07. The first-order valence-corrected chi connectivity index (χ1v) is 4.23. The van der Waals surface area contributed by atoms with E-state index in [9.17, 15) is 4.79 Å². The van der Waals surface area contributed by atoms with Gasteiger partial charge in [0.1, 0.15) is 23.0 Å². The third-order valence-electron chi connectivity index (χ3n) is 2.16. The number of nitrogens with two attached hydrogens (primary N) is 1. The molecule has 3 aromatic heterocycles. The lowest BCUT2D eigenvalue weighted by atomic mass is 10.3. The number of nitrogens with zero attached hydrogens (tertiary/aromatic N) is 3. The van der Waals surface area contributed by atoms with Gasteiger partial charge in [-0.3, -0.25) is 4.98 Å². The number of nitrogens with one attached hydrogen (secondary N) is 2. The Balaban J connectivity index is 2.65. The summed E-state index contributed by atoms with van der Waals surface area (Å²) in [6, 6.07) is 0. The van der Waals surface area contributed by atoms with E-state index >= 15 is 0 Å². The molecular weight excluding hydrogens is 196 g/mol. The number of fused-ring (bicyclic) bond motifs is 3. The van der Waals surface area contributed by atoms with Gasteiger partial charge in [-0.1, -0.05) is 0 Å². The fourth-order valence-corrected chi connectivity index (χ4v) is 1.51. The summed E-state index contributed by atoms with van der Waals surface area (Å²) in [5.41, 5.74) is 6.91. The summed E-state index contributed by atoms with van der Waals surface area (Å²) in [4.78, 5) is 28.2. The van der Waals surface area contributed by atoms with E-state index in [1.54, 1.807) is 0 Å². The summed E-state index contributed by atoms with van der Waals surface area (Å²) in [5, 5.41) is 0.691. The maximum Gasteiger partial charge on any atom is 0.324 e. The van der Waals surface area contributed by atoms with Gasteiger partial charge in [-0.2, -0.15) is 0 Å². The lowest BCUT2D eigenvalue weighted by Crippen LogP contribution is -2.10. The monoisotopic (exact) mass is 202 g/mol. The van der Waals surface area contributed by atoms with Gasteiger partial charge in [-0.25, -0.2) is 19.7 Å². The highest BCUT2D eigenvalue weighted by Gasteiger charge is 2.09. The van der Waals surface area contributed by atoms with Crippen LogP contribution in [0.4, 0.5) is 5.82 Å². The molecule has 3 heterocycles. The van der Waals surface area contributed by atoms with Crippen LogP contribution in [0.1, 0.15) is 0 Å². The Morgan fingerprint density at radius 3 is 2.93 bits per heavy atom. The zero-order valence-electron chi connectivity index (χ0n) is 7.48. The fourth-order valence-electron chi connectivity index (χ4n) is 1.51. The van der Waals surface area contributed by atoms with Crippen LogP contribution >= 0.6 is 0 Å². The molecule has 0 radical (unpaired) electrons. The van der Waals surface area contributed by atoms with Gasteiger partial charge >= 0.3 is 5.69 Å².